The third-order valence-electron chi connectivity index (χ3n) is 3.24. The first-order valence-electron chi connectivity index (χ1n) is 6.64. The lowest BCUT2D eigenvalue weighted by molar-refractivity contribution is -0.139. The smallest absolute Gasteiger partial charge is 0.320 e. The van der Waals surface area contributed by atoms with E-state index in [1.807, 2.05) is 25.1 Å². The number of hydrogen-bond donors (Lipinski definition) is 2. The second kappa shape index (κ2) is 6.34. The van der Waals surface area contributed by atoms with Crippen LogP contribution in [0.25, 0.3) is 10.8 Å². The van der Waals surface area contributed by atoms with Crippen molar-refractivity contribution in [3.05, 3.63) is 48.0 Å². The molecule has 0 spiro atoms. The molecular formula is C16H19NO2. The summed E-state index contributed by atoms with van der Waals surface area (Å²) in [5.41, 5.74) is 1.11. The van der Waals surface area contributed by atoms with Crippen molar-refractivity contribution in [2.24, 2.45) is 0 Å². The molecule has 2 aromatic carbocycles. The maximum atomic E-state index is 11.1. The molecule has 0 bridgehead atoms. The van der Waals surface area contributed by atoms with Crippen molar-refractivity contribution >= 4 is 16.7 Å². The molecule has 0 fully saturated rings. The van der Waals surface area contributed by atoms with Gasteiger partial charge in [-0.15, -0.1) is 0 Å². The Hall–Kier alpha value is -1.87. The van der Waals surface area contributed by atoms with E-state index in [1.165, 1.54) is 10.8 Å². The van der Waals surface area contributed by atoms with E-state index in [0.29, 0.717) is 13.0 Å². The number of carbonyl (C=O) groups is 1. The van der Waals surface area contributed by atoms with Crippen LogP contribution in [0.5, 0.6) is 0 Å². The van der Waals surface area contributed by atoms with Gasteiger partial charge in [0.1, 0.15) is 6.04 Å². The van der Waals surface area contributed by atoms with Crippen LogP contribution in [0.3, 0.4) is 0 Å². The zero-order valence-corrected chi connectivity index (χ0v) is 11.1. The van der Waals surface area contributed by atoms with Gasteiger partial charge in [0.2, 0.25) is 0 Å². The number of rotatable bonds is 6. The molecule has 2 N–H and O–H groups in total. The molecule has 0 aliphatic carbocycles. The predicted molar refractivity (Wildman–Crippen MR) is 77.1 cm³/mol. The van der Waals surface area contributed by atoms with Gasteiger partial charge in [-0.2, -0.15) is 0 Å². The summed E-state index contributed by atoms with van der Waals surface area (Å²) in [4.78, 5) is 11.1. The lowest BCUT2D eigenvalue weighted by atomic mass is 10.1. The van der Waals surface area contributed by atoms with E-state index in [-0.39, 0.29) is 0 Å². The van der Waals surface area contributed by atoms with Crippen LogP contribution in [-0.4, -0.2) is 17.1 Å². The molecule has 19 heavy (non-hydrogen) atoms. The van der Waals surface area contributed by atoms with Crippen molar-refractivity contribution in [3.63, 3.8) is 0 Å². The van der Waals surface area contributed by atoms with E-state index in [2.05, 4.69) is 29.6 Å². The molecule has 0 amide bonds. The van der Waals surface area contributed by atoms with Crippen LogP contribution in [-0.2, 0) is 11.3 Å². The zero-order chi connectivity index (χ0) is 13.7. The third kappa shape index (κ3) is 3.55. The van der Waals surface area contributed by atoms with Gasteiger partial charge in [0.25, 0.3) is 0 Å². The van der Waals surface area contributed by atoms with Crippen molar-refractivity contribution < 1.29 is 9.90 Å². The Labute approximate surface area is 113 Å². The molecule has 2 rings (SSSR count). The highest BCUT2D eigenvalue weighted by Crippen LogP contribution is 2.15. The van der Waals surface area contributed by atoms with Crippen molar-refractivity contribution in [1.29, 1.82) is 0 Å². The van der Waals surface area contributed by atoms with Gasteiger partial charge >= 0.3 is 5.97 Å². The number of carboxylic acid groups (broad SMARTS) is 1. The summed E-state index contributed by atoms with van der Waals surface area (Å²) in [6, 6.07) is 13.9. The highest BCUT2D eigenvalue weighted by molar-refractivity contribution is 5.83. The van der Waals surface area contributed by atoms with E-state index >= 15 is 0 Å². The first kappa shape index (κ1) is 13.6. The summed E-state index contributed by atoms with van der Waals surface area (Å²) in [7, 11) is 0. The van der Waals surface area contributed by atoms with Crippen LogP contribution in [0, 0.1) is 0 Å². The molecule has 1 unspecified atom stereocenters. The number of aliphatic carboxylic acids is 1. The number of nitrogens with one attached hydrogen (secondary N) is 1. The summed E-state index contributed by atoms with van der Waals surface area (Å²) < 4.78 is 0. The minimum Gasteiger partial charge on any atom is -0.480 e. The predicted octanol–water partition coefficient (Wildman–Crippen LogP) is 3.18. The third-order valence-corrected chi connectivity index (χ3v) is 3.24. The first-order chi connectivity index (χ1) is 9.20. The largest absolute Gasteiger partial charge is 0.480 e. The Bertz CT molecular complexity index is 565. The molecule has 0 radical (unpaired) electrons. The molecule has 0 aliphatic heterocycles. The quantitative estimate of drug-likeness (QED) is 0.835. The van der Waals surface area contributed by atoms with Gasteiger partial charge in [-0.05, 0) is 28.8 Å². The Kier molecular flexibility index (Phi) is 4.53. The van der Waals surface area contributed by atoms with E-state index in [9.17, 15) is 4.79 Å². The number of carboxylic acids is 1. The summed E-state index contributed by atoms with van der Waals surface area (Å²) >= 11 is 0. The van der Waals surface area contributed by atoms with E-state index < -0.39 is 12.0 Å². The summed E-state index contributed by atoms with van der Waals surface area (Å²) in [6.45, 7) is 2.58. The van der Waals surface area contributed by atoms with Crippen LogP contribution in [0.2, 0.25) is 0 Å². The lowest BCUT2D eigenvalue weighted by Gasteiger charge is -2.13. The van der Waals surface area contributed by atoms with Crippen LogP contribution in [0.1, 0.15) is 25.3 Å². The fourth-order valence-electron chi connectivity index (χ4n) is 2.19. The second-order valence-corrected chi connectivity index (χ2v) is 4.74. The van der Waals surface area contributed by atoms with Crippen LogP contribution < -0.4 is 5.32 Å². The molecule has 0 heterocycles. The molecule has 2 aromatic rings. The summed E-state index contributed by atoms with van der Waals surface area (Å²) in [5, 5.41) is 14.6. The van der Waals surface area contributed by atoms with Gasteiger partial charge in [0.05, 0.1) is 0 Å². The van der Waals surface area contributed by atoms with E-state index in [0.717, 1.165) is 12.0 Å². The Morgan fingerprint density at radius 2 is 1.95 bits per heavy atom. The van der Waals surface area contributed by atoms with Gasteiger partial charge in [-0.1, -0.05) is 49.7 Å². The standard InChI is InChI=1S/C16H19NO2/c1-2-5-15(16(18)19)17-11-12-8-9-13-6-3-4-7-14(13)10-12/h3-4,6-10,15,17H,2,5,11H2,1H3,(H,18,19). The molecule has 0 aliphatic rings. The molecule has 0 aromatic heterocycles. The van der Waals surface area contributed by atoms with Crippen LogP contribution >= 0.6 is 0 Å². The first-order valence-corrected chi connectivity index (χ1v) is 6.64. The van der Waals surface area contributed by atoms with Crippen molar-refractivity contribution in [2.45, 2.75) is 32.4 Å². The topological polar surface area (TPSA) is 49.3 Å². The molecule has 3 nitrogen and oxygen atoms in total. The summed E-state index contributed by atoms with van der Waals surface area (Å²) in [5.74, 6) is -0.775. The van der Waals surface area contributed by atoms with Crippen LogP contribution in [0.15, 0.2) is 42.5 Å². The number of benzene rings is 2. The molecule has 0 saturated heterocycles. The maximum absolute atomic E-state index is 11.1. The molecule has 0 saturated carbocycles. The summed E-state index contributed by atoms with van der Waals surface area (Å²) in [6.07, 6.45) is 1.52. The van der Waals surface area contributed by atoms with E-state index in [4.69, 9.17) is 5.11 Å². The second-order valence-electron chi connectivity index (χ2n) is 4.74. The van der Waals surface area contributed by atoms with Crippen molar-refractivity contribution in [2.75, 3.05) is 0 Å². The van der Waals surface area contributed by atoms with Crippen molar-refractivity contribution in [1.82, 2.24) is 5.32 Å². The lowest BCUT2D eigenvalue weighted by Crippen LogP contribution is -2.35. The minimum absolute atomic E-state index is 0.462. The number of fused-ring (bicyclic) bond motifs is 1. The molecule has 3 heteroatoms. The molecule has 1 atom stereocenters. The average molecular weight is 257 g/mol. The van der Waals surface area contributed by atoms with E-state index in [1.54, 1.807) is 0 Å². The fourth-order valence-corrected chi connectivity index (χ4v) is 2.19. The van der Waals surface area contributed by atoms with Gasteiger partial charge in [-0.25, -0.2) is 0 Å². The van der Waals surface area contributed by atoms with Crippen LogP contribution in [0.4, 0.5) is 0 Å². The SMILES string of the molecule is CCCC(NCc1ccc2ccccc2c1)C(=O)O. The Balaban J connectivity index is 2.06. The van der Waals surface area contributed by atoms with Gasteiger partial charge in [-0.3, -0.25) is 4.79 Å². The monoisotopic (exact) mass is 257 g/mol. The van der Waals surface area contributed by atoms with Gasteiger partial charge < -0.3 is 10.4 Å². The Morgan fingerprint density at radius 3 is 2.63 bits per heavy atom. The Morgan fingerprint density at radius 1 is 1.21 bits per heavy atom. The number of hydrogen-bond acceptors (Lipinski definition) is 2. The zero-order valence-electron chi connectivity index (χ0n) is 11.1. The van der Waals surface area contributed by atoms with Crippen molar-refractivity contribution in [3.8, 4) is 0 Å². The maximum Gasteiger partial charge on any atom is 0.320 e. The van der Waals surface area contributed by atoms with Gasteiger partial charge in [0.15, 0.2) is 0 Å². The average Bonchev–Trinajstić information content (AvgIpc) is 2.43. The highest BCUT2D eigenvalue weighted by atomic mass is 16.4. The normalized spacial score (nSPS) is 12.5. The van der Waals surface area contributed by atoms with Gasteiger partial charge in [0, 0.05) is 6.54 Å². The highest BCUT2D eigenvalue weighted by Gasteiger charge is 2.14. The molecule has 100 valence electrons. The molecular weight excluding hydrogens is 238 g/mol. The fraction of sp³-hybridized carbons (Fsp3) is 0.312. The minimum atomic E-state index is -0.775.